The fourth-order valence-corrected chi connectivity index (χ4v) is 6.37. The quantitative estimate of drug-likeness (QED) is 0.210. The van der Waals surface area contributed by atoms with E-state index in [1.165, 1.54) is 18.2 Å². The van der Waals surface area contributed by atoms with Gasteiger partial charge in [-0.15, -0.1) is 0 Å². The van der Waals surface area contributed by atoms with Gasteiger partial charge in [0.1, 0.15) is 0 Å². The van der Waals surface area contributed by atoms with Crippen molar-refractivity contribution >= 4 is 17.9 Å². The van der Waals surface area contributed by atoms with Crippen LogP contribution in [0.2, 0.25) is 0 Å². The van der Waals surface area contributed by atoms with E-state index in [1.807, 2.05) is 0 Å². The Bertz CT molecular complexity index is 1100. The highest BCUT2D eigenvalue weighted by Crippen LogP contribution is 2.49. The maximum absolute atomic E-state index is 11.2. The summed E-state index contributed by atoms with van der Waals surface area (Å²) >= 11 is 0. The number of allylic oxidation sites excluding steroid dienone is 9. The van der Waals surface area contributed by atoms with Crippen molar-refractivity contribution in [3.8, 4) is 0 Å². The Kier molecular flexibility index (Phi) is 8.54. The predicted molar refractivity (Wildman–Crippen MR) is 151 cm³/mol. The van der Waals surface area contributed by atoms with E-state index in [1.54, 1.807) is 18.2 Å². The molecular weight excluding hydrogens is 492 g/mol. The lowest BCUT2D eigenvalue weighted by Gasteiger charge is -2.37. The van der Waals surface area contributed by atoms with E-state index >= 15 is 0 Å². The minimum atomic E-state index is -0.965. The van der Waals surface area contributed by atoms with Gasteiger partial charge in [0.2, 0.25) is 0 Å². The van der Waals surface area contributed by atoms with Crippen molar-refractivity contribution in [2.45, 2.75) is 74.0 Å². The lowest BCUT2D eigenvalue weighted by molar-refractivity contribution is -0.132. The number of hydrogen-bond donors (Lipinski definition) is 3. The fourth-order valence-electron chi connectivity index (χ4n) is 6.37. The summed E-state index contributed by atoms with van der Waals surface area (Å²) in [7, 11) is 0. The molecule has 0 radical (unpaired) electrons. The molecule has 204 valence electrons. The van der Waals surface area contributed by atoms with Crippen LogP contribution in [-0.2, 0) is 30.6 Å². The zero-order valence-electron chi connectivity index (χ0n) is 22.1. The lowest BCUT2D eigenvalue weighted by atomic mass is 9.66. The molecule has 39 heavy (non-hydrogen) atoms. The molecule has 6 nitrogen and oxygen atoms in total. The number of rotatable bonds is 12. The van der Waals surface area contributed by atoms with Crippen molar-refractivity contribution in [3.63, 3.8) is 0 Å². The predicted octanol–water partition coefficient (Wildman–Crippen LogP) is 6.54. The van der Waals surface area contributed by atoms with E-state index in [9.17, 15) is 29.7 Å². The second-order valence-corrected chi connectivity index (χ2v) is 11.1. The smallest absolute Gasteiger partial charge is 0.327 e. The monoisotopic (exact) mass is 528 g/mol. The molecule has 0 saturated carbocycles. The highest BCUT2D eigenvalue weighted by molar-refractivity contribution is 5.80. The fraction of sp³-hybridized carbons (Fsp3) is 0.364. The van der Waals surface area contributed by atoms with Crippen LogP contribution in [0, 0.1) is 0 Å². The average molecular weight is 529 g/mol. The minimum Gasteiger partial charge on any atom is -0.478 e. The standard InChI is InChI=1S/C33H36O6/c34-28(35)10-7-19-31(13-1-2-14-31)25-22-26(32(15-3-4-16-32)20-8-11-29(36)37)24-27(23-25)33(17-5-6-18-33)21-9-12-30(38)39/h1-12,22-24H,13-21H2,(H,34,35)(H,36,37)(H,38,39)/b10-7+,11-8+,12-9+. The maximum Gasteiger partial charge on any atom is 0.327 e. The molecule has 0 spiro atoms. The molecule has 3 aliphatic carbocycles. The summed E-state index contributed by atoms with van der Waals surface area (Å²) in [5.74, 6) is -2.89. The van der Waals surface area contributed by atoms with E-state index in [4.69, 9.17) is 0 Å². The first-order valence-electron chi connectivity index (χ1n) is 13.5. The molecule has 1 aromatic rings. The molecule has 0 aromatic heterocycles. The van der Waals surface area contributed by atoms with Crippen LogP contribution in [0.3, 0.4) is 0 Å². The molecule has 0 aliphatic heterocycles. The summed E-state index contributed by atoms with van der Waals surface area (Å²) < 4.78 is 0. The van der Waals surface area contributed by atoms with Crippen molar-refractivity contribution in [2.24, 2.45) is 0 Å². The van der Waals surface area contributed by atoms with Gasteiger partial charge in [-0.2, -0.15) is 0 Å². The summed E-state index contributed by atoms with van der Waals surface area (Å²) in [6.45, 7) is 0. The van der Waals surface area contributed by atoms with Crippen molar-refractivity contribution in [3.05, 3.63) is 108 Å². The van der Waals surface area contributed by atoms with Gasteiger partial charge in [0.25, 0.3) is 0 Å². The third-order valence-electron chi connectivity index (χ3n) is 8.63. The van der Waals surface area contributed by atoms with Crippen molar-refractivity contribution in [1.29, 1.82) is 0 Å². The third-order valence-corrected chi connectivity index (χ3v) is 8.63. The van der Waals surface area contributed by atoms with Crippen LogP contribution in [0.15, 0.2) is 91.1 Å². The summed E-state index contributed by atoms with van der Waals surface area (Å²) in [6, 6.07) is 6.78. The van der Waals surface area contributed by atoms with Gasteiger partial charge in [-0.25, -0.2) is 14.4 Å². The normalized spacial score (nSPS) is 20.6. The van der Waals surface area contributed by atoms with Gasteiger partial charge in [-0.1, -0.05) is 72.9 Å². The van der Waals surface area contributed by atoms with Crippen LogP contribution in [0.5, 0.6) is 0 Å². The Morgan fingerprint density at radius 2 is 0.744 bits per heavy atom. The molecule has 0 bridgehead atoms. The third kappa shape index (κ3) is 6.39. The second kappa shape index (κ2) is 11.9. The Hall–Kier alpha value is -3.93. The number of aliphatic carboxylic acids is 3. The van der Waals surface area contributed by atoms with Crippen molar-refractivity contribution in [2.75, 3.05) is 0 Å². The number of carbonyl (C=O) groups is 3. The molecule has 0 amide bonds. The number of benzene rings is 1. The van der Waals surface area contributed by atoms with Gasteiger partial charge in [0.05, 0.1) is 0 Å². The SMILES string of the molecule is O=C(O)/C=C/CC1(c2cc(C3(C/C=C/C(=O)O)CC=CC3)cc(C3(C/C=C/C(=O)O)CC=CC3)c2)CC=CC1. The van der Waals surface area contributed by atoms with Gasteiger partial charge >= 0.3 is 17.9 Å². The lowest BCUT2D eigenvalue weighted by Crippen LogP contribution is -2.29. The van der Waals surface area contributed by atoms with Crippen LogP contribution >= 0.6 is 0 Å². The molecule has 3 aliphatic rings. The topological polar surface area (TPSA) is 112 Å². The largest absolute Gasteiger partial charge is 0.478 e. The molecule has 0 heterocycles. The van der Waals surface area contributed by atoms with Crippen molar-refractivity contribution in [1.82, 2.24) is 0 Å². The van der Waals surface area contributed by atoms with E-state index in [0.717, 1.165) is 55.2 Å². The van der Waals surface area contributed by atoms with Gasteiger partial charge in [-0.3, -0.25) is 0 Å². The first-order chi connectivity index (χ1) is 18.7. The van der Waals surface area contributed by atoms with Crippen LogP contribution < -0.4 is 0 Å². The Labute approximate surface area is 229 Å². The van der Waals surface area contributed by atoms with Crippen LogP contribution in [0.1, 0.15) is 74.5 Å². The first kappa shape index (κ1) is 28.1. The van der Waals surface area contributed by atoms with Gasteiger partial charge < -0.3 is 15.3 Å². The van der Waals surface area contributed by atoms with E-state index in [0.29, 0.717) is 19.3 Å². The Morgan fingerprint density at radius 3 is 0.949 bits per heavy atom. The molecular formula is C33H36O6. The van der Waals surface area contributed by atoms with E-state index in [2.05, 4.69) is 54.7 Å². The van der Waals surface area contributed by atoms with E-state index < -0.39 is 17.9 Å². The first-order valence-corrected chi connectivity index (χ1v) is 13.5. The minimum absolute atomic E-state index is 0.273. The molecule has 6 heteroatoms. The average Bonchev–Trinajstić information content (AvgIpc) is 3.66. The zero-order chi connectivity index (χ0) is 27.9. The molecule has 3 N–H and O–H groups in total. The maximum atomic E-state index is 11.2. The highest BCUT2D eigenvalue weighted by atomic mass is 16.4. The summed E-state index contributed by atoms with van der Waals surface area (Å²) in [6.07, 6.45) is 28.4. The summed E-state index contributed by atoms with van der Waals surface area (Å²) in [5, 5.41) is 27.6. The Morgan fingerprint density at radius 1 is 0.513 bits per heavy atom. The van der Waals surface area contributed by atoms with Gasteiger partial charge in [0, 0.05) is 34.5 Å². The van der Waals surface area contributed by atoms with E-state index in [-0.39, 0.29) is 16.2 Å². The van der Waals surface area contributed by atoms with Gasteiger partial charge in [0.15, 0.2) is 0 Å². The molecule has 0 fully saturated rings. The number of carboxylic acids is 3. The Balaban J connectivity index is 1.86. The number of hydrogen-bond acceptors (Lipinski definition) is 3. The van der Waals surface area contributed by atoms with Crippen LogP contribution in [0.4, 0.5) is 0 Å². The highest BCUT2D eigenvalue weighted by Gasteiger charge is 2.40. The summed E-state index contributed by atoms with van der Waals surface area (Å²) in [4.78, 5) is 33.7. The van der Waals surface area contributed by atoms with Crippen LogP contribution in [0.25, 0.3) is 0 Å². The van der Waals surface area contributed by atoms with Crippen molar-refractivity contribution < 1.29 is 29.7 Å². The molecule has 4 rings (SSSR count). The molecule has 1 aromatic carbocycles. The van der Waals surface area contributed by atoms with Gasteiger partial charge in [-0.05, 0) is 74.5 Å². The molecule has 0 atom stereocenters. The summed E-state index contributed by atoms with van der Waals surface area (Å²) in [5.41, 5.74) is 2.63. The molecule has 0 unspecified atom stereocenters. The zero-order valence-corrected chi connectivity index (χ0v) is 22.1. The second-order valence-electron chi connectivity index (χ2n) is 11.1. The van der Waals surface area contributed by atoms with Crippen LogP contribution in [-0.4, -0.2) is 33.2 Å². The number of carboxylic acid groups (broad SMARTS) is 3. The molecule has 0 saturated heterocycles.